The molecule has 72 valence electrons. The van der Waals surface area contributed by atoms with E-state index in [0.717, 1.165) is 5.69 Å². The summed E-state index contributed by atoms with van der Waals surface area (Å²) in [7, 11) is -1.19. The Morgan fingerprint density at radius 3 is 2.00 bits per heavy atom. The summed E-state index contributed by atoms with van der Waals surface area (Å²) in [5.74, 6) is 0. The van der Waals surface area contributed by atoms with Crippen molar-refractivity contribution in [3.8, 4) is 0 Å². The highest BCUT2D eigenvalue weighted by molar-refractivity contribution is 6.89. The van der Waals surface area contributed by atoms with Crippen molar-refractivity contribution in [3.05, 3.63) is 23.3 Å². The topological polar surface area (TPSA) is 26.0 Å². The third kappa shape index (κ3) is 1.94. The molecule has 0 radical (unpaired) electrons. The van der Waals surface area contributed by atoms with E-state index in [9.17, 15) is 0 Å². The predicted molar refractivity (Wildman–Crippen MR) is 63.3 cm³/mol. The molecule has 13 heavy (non-hydrogen) atoms. The molecule has 0 atom stereocenters. The average molecular weight is 193 g/mol. The first kappa shape index (κ1) is 10.3. The number of benzene rings is 1. The van der Waals surface area contributed by atoms with E-state index in [0.29, 0.717) is 0 Å². The molecular formula is C11H19NSi. The molecule has 0 amide bonds. The maximum absolute atomic E-state index is 5.85. The molecule has 0 bridgehead atoms. The fourth-order valence-electron chi connectivity index (χ4n) is 1.65. The summed E-state index contributed by atoms with van der Waals surface area (Å²) in [6, 6.07) is 4.24. The summed E-state index contributed by atoms with van der Waals surface area (Å²) in [6.45, 7) is 11.4. The van der Waals surface area contributed by atoms with E-state index in [2.05, 4.69) is 39.6 Å². The molecule has 1 rings (SSSR count). The fourth-order valence-corrected chi connectivity index (χ4v) is 3.55. The van der Waals surface area contributed by atoms with Gasteiger partial charge >= 0.3 is 0 Å². The third-order valence-corrected chi connectivity index (χ3v) is 4.79. The van der Waals surface area contributed by atoms with Gasteiger partial charge in [0.2, 0.25) is 0 Å². The van der Waals surface area contributed by atoms with E-state index in [1.165, 1.54) is 16.3 Å². The van der Waals surface area contributed by atoms with E-state index < -0.39 is 8.07 Å². The quantitative estimate of drug-likeness (QED) is 0.538. The number of nitrogens with two attached hydrogens (primary N) is 1. The maximum Gasteiger partial charge on any atom is 0.0779 e. The second-order valence-electron chi connectivity index (χ2n) is 4.70. The molecule has 0 unspecified atom stereocenters. The van der Waals surface area contributed by atoms with Crippen LogP contribution in [0.3, 0.4) is 0 Å². The minimum Gasteiger partial charge on any atom is -0.399 e. The van der Waals surface area contributed by atoms with Crippen molar-refractivity contribution < 1.29 is 0 Å². The molecule has 2 N–H and O–H groups in total. The largest absolute Gasteiger partial charge is 0.399 e. The molecule has 0 aliphatic heterocycles. The molecule has 0 spiro atoms. The van der Waals surface area contributed by atoms with Crippen LogP contribution in [-0.2, 0) is 0 Å². The molecule has 1 aromatic carbocycles. The zero-order chi connectivity index (χ0) is 10.2. The van der Waals surface area contributed by atoms with E-state index in [4.69, 9.17) is 5.73 Å². The van der Waals surface area contributed by atoms with Crippen molar-refractivity contribution in [1.29, 1.82) is 0 Å². The number of rotatable bonds is 1. The molecule has 0 aliphatic rings. The summed E-state index contributed by atoms with van der Waals surface area (Å²) >= 11 is 0. The fraction of sp³-hybridized carbons (Fsp3) is 0.455. The second kappa shape index (κ2) is 3.18. The van der Waals surface area contributed by atoms with Crippen LogP contribution in [0.25, 0.3) is 0 Å². The molecule has 0 aromatic heterocycles. The summed E-state index contributed by atoms with van der Waals surface area (Å²) in [5.41, 5.74) is 9.40. The van der Waals surface area contributed by atoms with Gasteiger partial charge in [-0.1, -0.05) is 30.9 Å². The highest BCUT2D eigenvalue weighted by Gasteiger charge is 2.19. The zero-order valence-electron chi connectivity index (χ0n) is 9.23. The van der Waals surface area contributed by atoms with Gasteiger partial charge in [-0.25, -0.2) is 0 Å². The number of nitrogen functional groups attached to an aromatic ring is 1. The van der Waals surface area contributed by atoms with Gasteiger partial charge < -0.3 is 5.73 Å². The first-order valence-electron chi connectivity index (χ1n) is 4.70. The van der Waals surface area contributed by atoms with Gasteiger partial charge in [0.15, 0.2) is 0 Å². The molecular weight excluding hydrogens is 174 g/mol. The molecule has 0 aliphatic carbocycles. The highest BCUT2D eigenvalue weighted by atomic mass is 28.3. The second-order valence-corrected chi connectivity index (χ2v) is 9.74. The molecule has 0 fully saturated rings. The van der Waals surface area contributed by atoms with Crippen molar-refractivity contribution in [1.82, 2.24) is 0 Å². The first-order chi connectivity index (χ1) is 5.84. The molecule has 0 heterocycles. The first-order valence-corrected chi connectivity index (χ1v) is 8.20. The highest BCUT2D eigenvalue weighted by Crippen LogP contribution is 2.16. The van der Waals surface area contributed by atoms with Gasteiger partial charge in [-0.05, 0) is 31.0 Å². The van der Waals surface area contributed by atoms with Crippen molar-refractivity contribution >= 4 is 18.9 Å². The lowest BCUT2D eigenvalue weighted by atomic mass is 10.1. The van der Waals surface area contributed by atoms with Gasteiger partial charge in [-0.2, -0.15) is 0 Å². The number of hydrogen-bond donors (Lipinski definition) is 1. The molecule has 2 heteroatoms. The third-order valence-electron chi connectivity index (χ3n) is 2.64. The van der Waals surface area contributed by atoms with Crippen LogP contribution in [0.1, 0.15) is 11.1 Å². The van der Waals surface area contributed by atoms with Crippen LogP contribution in [0.2, 0.25) is 19.6 Å². The summed E-state index contributed by atoms with van der Waals surface area (Å²) in [4.78, 5) is 0. The normalized spacial score (nSPS) is 11.8. The molecule has 1 aromatic rings. The Kier molecular flexibility index (Phi) is 2.53. The lowest BCUT2D eigenvalue weighted by Crippen LogP contribution is -2.39. The summed E-state index contributed by atoms with van der Waals surface area (Å²) < 4.78 is 0. The Balaban J connectivity index is 3.35. The molecule has 0 saturated heterocycles. The summed E-state index contributed by atoms with van der Waals surface area (Å²) in [6.07, 6.45) is 0. The average Bonchev–Trinajstić information content (AvgIpc) is 1.98. The van der Waals surface area contributed by atoms with Crippen molar-refractivity contribution in [2.24, 2.45) is 0 Å². The molecule has 0 saturated carbocycles. The Bertz CT molecular complexity index is 324. The van der Waals surface area contributed by atoms with Crippen LogP contribution >= 0.6 is 0 Å². The van der Waals surface area contributed by atoms with Crippen LogP contribution in [0, 0.1) is 13.8 Å². The number of anilines is 1. The van der Waals surface area contributed by atoms with Crippen LogP contribution in [0.4, 0.5) is 5.69 Å². The Morgan fingerprint density at radius 1 is 1.00 bits per heavy atom. The smallest absolute Gasteiger partial charge is 0.0779 e. The van der Waals surface area contributed by atoms with Crippen molar-refractivity contribution in [2.75, 3.05) is 5.73 Å². The van der Waals surface area contributed by atoms with Gasteiger partial charge in [0.25, 0.3) is 0 Å². The van der Waals surface area contributed by atoms with E-state index in [1.807, 2.05) is 6.07 Å². The Hall–Kier alpha value is -0.763. The Morgan fingerprint density at radius 2 is 1.54 bits per heavy atom. The zero-order valence-corrected chi connectivity index (χ0v) is 10.2. The minimum absolute atomic E-state index is 0.916. The van der Waals surface area contributed by atoms with Gasteiger partial charge in [0, 0.05) is 5.69 Å². The van der Waals surface area contributed by atoms with Crippen LogP contribution < -0.4 is 10.9 Å². The van der Waals surface area contributed by atoms with Gasteiger partial charge in [0.05, 0.1) is 8.07 Å². The monoisotopic (exact) mass is 193 g/mol. The predicted octanol–water partition coefficient (Wildman–Crippen LogP) is 2.43. The van der Waals surface area contributed by atoms with Crippen LogP contribution in [0.5, 0.6) is 0 Å². The van der Waals surface area contributed by atoms with Gasteiger partial charge in [0.1, 0.15) is 0 Å². The van der Waals surface area contributed by atoms with Crippen molar-refractivity contribution in [3.63, 3.8) is 0 Å². The Labute approximate surface area is 82.0 Å². The number of hydrogen-bond acceptors (Lipinski definition) is 1. The summed E-state index contributed by atoms with van der Waals surface area (Å²) in [5, 5.41) is 1.53. The van der Waals surface area contributed by atoms with E-state index >= 15 is 0 Å². The van der Waals surface area contributed by atoms with Crippen LogP contribution in [-0.4, -0.2) is 8.07 Å². The van der Waals surface area contributed by atoms with Gasteiger partial charge in [-0.15, -0.1) is 0 Å². The van der Waals surface area contributed by atoms with Crippen LogP contribution in [0.15, 0.2) is 12.1 Å². The molecule has 1 nitrogen and oxygen atoms in total. The standard InChI is InChI=1S/C11H19NSi/c1-8-9(2)11(13(3,4)5)7-6-10(8)12/h6-7H,12H2,1-5H3. The van der Waals surface area contributed by atoms with Gasteiger partial charge in [-0.3, -0.25) is 0 Å². The van der Waals surface area contributed by atoms with E-state index in [-0.39, 0.29) is 0 Å². The maximum atomic E-state index is 5.85. The van der Waals surface area contributed by atoms with E-state index in [1.54, 1.807) is 0 Å². The van der Waals surface area contributed by atoms with Crippen molar-refractivity contribution in [2.45, 2.75) is 33.5 Å². The lowest BCUT2D eigenvalue weighted by molar-refractivity contribution is 1.36. The minimum atomic E-state index is -1.19. The lowest BCUT2D eigenvalue weighted by Gasteiger charge is -2.21. The SMILES string of the molecule is Cc1c(N)ccc([Si](C)(C)C)c1C.